The standard InChI is InChI=1S/C25H28N2O3/c1-30-24-8-3-2-7-21(24)18-11-14-27(15-12-18)13-5-4-6-20-17-26-23-10-9-19(25(28)29)16-22(20)23/h2-3,7-11,16-17,26H,4-6,12-15H2,1H3,(H,28,29). The Bertz CT molecular complexity index is 1070. The number of aromatic nitrogens is 1. The maximum Gasteiger partial charge on any atom is 0.335 e. The van der Waals surface area contributed by atoms with Gasteiger partial charge in [-0.2, -0.15) is 0 Å². The van der Waals surface area contributed by atoms with Gasteiger partial charge in [-0.3, -0.25) is 4.90 Å². The van der Waals surface area contributed by atoms with E-state index < -0.39 is 5.97 Å². The Morgan fingerprint density at radius 2 is 2.07 bits per heavy atom. The Morgan fingerprint density at radius 3 is 2.83 bits per heavy atom. The number of aryl methyl sites for hydroxylation is 1. The fraction of sp³-hybridized carbons (Fsp3) is 0.320. The molecule has 5 heteroatoms. The first-order valence-corrected chi connectivity index (χ1v) is 10.5. The van der Waals surface area contributed by atoms with Crippen molar-refractivity contribution in [2.75, 3.05) is 26.7 Å². The molecule has 0 saturated heterocycles. The quantitative estimate of drug-likeness (QED) is 0.519. The van der Waals surface area contributed by atoms with Gasteiger partial charge in [0.1, 0.15) is 5.75 Å². The Balaban J connectivity index is 1.29. The number of H-pyrrole nitrogens is 1. The lowest BCUT2D eigenvalue weighted by atomic mass is 9.98. The number of nitrogens with one attached hydrogen (secondary N) is 1. The average molecular weight is 405 g/mol. The predicted octanol–water partition coefficient (Wildman–Crippen LogP) is 4.99. The molecule has 1 aliphatic heterocycles. The van der Waals surface area contributed by atoms with Gasteiger partial charge in [0.15, 0.2) is 0 Å². The molecule has 1 aliphatic rings. The first-order chi connectivity index (χ1) is 14.7. The van der Waals surface area contributed by atoms with Crippen molar-refractivity contribution in [1.29, 1.82) is 0 Å². The fourth-order valence-electron chi connectivity index (χ4n) is 4.24. The number of rotatable bonds is 8. The van der Waals surface area contributed by atoms with Crippen molar-refractivity contribution in [2.24, 2.45) is 0 Å². The van der Waals surface area contributed by atoms with Crippen LogP contribution in [0.2, 0.25) is 0 Å². The molecule has 0 saturated carbocycles. The molecule has 2 heterocycles. The molecule has 156 valence electrons. The maximum absolute atomic E-state index is 11.2. The van der Waals surface area contributed by atoms with Crippen LogP contribution in [-0.4, -0.2) is 47.7 Å². The van der Waals surface area contributed by atoms with Crippen molar-refractivity contribution in [3.63, 3.8) is 0 Å². The Morgan fingerprint density at radius 1 is 1.20 bits per heavy atom. The molecule has 0 spiro atoms. The second kappa shape index (κ2) is 9.18. The number of methoxy groups -OCH3 is 1. The van der Waals surface area contributed by atoms with Crippen LogP contribution in [0.15, 0.2) is 54.7 Å². The van der Waals surface area contributed by atoms with Crippen molar-refractivity contribution in [3.05, 3.63) is 71.4 Å². The Labute approximate surface area is 177 Å². The summed E-state index contributed by atoms with van der Waals surface area (Å²) in [4.78, 5) is 17.0. The van der Waals surface area contributed by atoms with Crippen molar-refractivity contribution >= 4 is 22.4 Å². The monoisotopic (exact) mass is 404 g/mol. The molecule has 0 amide bonds. The second-order valence-corrected chi connectivity index (χ2v) is 7.82. The van der Waals surface area contributed by atoms with E-state index in [1.54, 1.807) is 19.2 Å². The number of carboxylic acids is 1. The summed E-state index contributed by atoms with van der Waals surface area (Å²) in [6.07, 6.45) is 8.56. The summed E-state index contributed by atoms with van der Waals surface area (Å²) in [6, 6.07) is 13.5. The predicted molar refractivity (Wildman–Crippen MR) is 120 cm³/mol. The van der Waals surface area contributed by atoms with Gasteiger partial charge in [0, 0.05) is 35.8 Å². The lowest BCUT2D eigenvalue weighted by Crippen LogP contribution is -2.29. The third kappa shape index (κ3) is 4.41. The van der Waals surface area contributed by atoms with E-state index in [0.717, 1.165) is 62.0 Å². The maximum atomic E-state index is 11.2. The van der Waals surface area contributed by atoms with Gasteiger partial charge in [-0.1, -0.05) is 24.3 Å². The number of nitrogens with zero attached hydrogens (tertiary/aromatic N) is 1. The van der Waals surface area contributed by atoms with Crippen molar-refractivity contribution in [3.8, 4) is 5.75 Å². The third-order valence-corrected chi connectivity index (χ3v) is 5.93. The first-order valence-electron chi connectivity index (χ1n) is 10.5. The number of aromatic carboxylic acids is 1. The molecule has 0 atom stereocenters. The minimum absolute atomic E-state index is 0.342. The van der Waals surface area contributed by atoms with Crippen LogP contribution in [0, 0.1) is 0 Å². The second-order valence-electron chi connectivity index (χ2n) is 7.82. The molecule has 1 aromatic heterocycles. The number of ether oxygens (including phenoxy) is 1. The SMILES string of the molecule is COc1ccccc1C1=CCN(CCCCc2c[nH]c3ccc(C(=O)O)cc23)CC1. The van der Waals surface area contributed by atoms with E-state index in [1.165, 1.54) is 16.7 Å². The van der Waals surface area contributed by atoms with Gasteiger partial charge in [-0.15, -0.1) is 0 Å². The number of hydrogen-bond acceptors (Lipinski definition) is 3. The summed E-state index contributed by atoms with van der Waals surface area (Å²) in [5, 5.41) is 10.2. The van der Waals surface area contributed by atoms with E-state index in [1.807, 2.05) is 24.4 Å². The van der Waals surface area contributed by atoms with Gasteiger partial charge in [0.05, 0.1) is 12.7 Å². The lowest BCUT2D eigenvalue weighted by molar-refractivity contribution is 0.0697. The van der Waals surface area contributed by atoms with Gasteiger partial charge in [0.2, 0.25) is 0 Å². The topological polar surface area (TPSA) is 65.6 Å². The normalized spacial score (nSPS) is 14.6. The molecule has 5 nitrogen and oxygen atoms in total. The lowest BCUT2D eigenvalue weighted by Gasteiger charge is -2.27. The summed E-state index contributed by atoms with van der Waals surface area (Å²) in [7, 11) is 1.73. The number of unbranched alkanes of at least 4 members (excludes halogenated alkanes) is 1. The van der Waals surface area contributed by atoms with Crippen LogP contribution < -0.4 is 4.74 Å². The number of carboxylic acid groups (broad SMARTS) is 1. The first kappa shape index (κ1) is 20.2. The van der Waals surface area contributed by atoms with Gasteiger partial charge < -0.3 is 14.8 Å². The van der Waals surface area contributed by atoms with Crippen LogP contribution in [0.1, 0.15) is 40.7 Å². The minimum atomic E-state index is -0.880. The molecule has 3 aromatic rings. The number of aromatic amines is 1. The van der Waals surface area contributed by atoms with Crippen LogP contribution in [0.4, 0.5) is 0 Å². The zero-order valence-corrected chi connectivity index (χ0v) is 17.4. The summed E-state index contributed by atoms with van der Waals surface area (Å²) < 4.78 is 5.50. The largest absolute Gasteiger partial charge is 0.496 e. The minimum Gasteiger partial charge on any atom is -0.496 e. The van der Waals surface area contributed by atoms with Crippen LogP contribution >= 0.6 is 0 Å². The molecular weight excluding hydrogens is 376 g/mol. The van der Waals surface area contributed by atoms with Gasteiger partial charge in [-0.25, -0.2) is 4.79 Å². The van der Waals surface area contributed by atoms with E-state index in [0.29, 0.717) is 5.56 Å². The molecule has 4 rings (SSSR count). The number of carbonyl (C=O) groups is 1. The van der Waals surface area contributed by atoms with Gasteiger partial charge >= 0.3 is 5.97 Å². The Hall–Kier alpha value is -3.05. The van der Waals surface area contributed by atoms with E-state index in [9.17, 15) is 9.90 Å². The summed E-state index contributed by atoms with van der Waals surface area (Å²) in [5.74, 6) is 0.0664. The van der Waals surface area contributed by atoms with Crippen LogP contribution in [0.5, 0.6) is 5.75 Å². The van der Waals surface area contributed by atoms with Crippen LogP contribution in [0.3, 0.4) is 0 Å². The van der Waals surface area contributed by atoms with E-state index >= 15 is 0 Å². The number of para-hydroxylation sites is 1. The van der Waals surface area contributed by atoms with E-state index in [2.05, 4.69) is 28.1 Å². The zero-order valence-electron chi connectivity index (χ0n) is 17.4. The van der Waals surface area contributed by atoms with Crippen molar-refractivity contribution in [2.45, 2.75) is 25.7 Å². The van der Waals surface area contributed by atoms with Crippen LogP contribution in [-0.2, 0) is 6.42 Å². The smallest absolute Gasteiger partial charge is 0.335 e. The number of hydrogen-bond donors (Lipinski definition) is 2. The van der Waals surface area contributed by atoms with E-state index in [-0.39, 0.29) is 0 Å². The highest BCUT2D eigenvalue weighted by Crippen LogP contribution is 2.30. The average Bonchev–Trinajstić information content (AvgIpc) is 3.19. The summed E-state index contributed by atoms with van der Waals surface area (Å²) in [6.45, 7) is 3.12. The highest BCUT2D eigenvalue weighted by Gasteiger charge is 2.15. The third-order valence-electron chi connectivity index (χ3n) is 5.93. The Kier molecular flexibility index (Phi) is 6.19. The zero-order chi connectivity index (χ0) is 20.9. The molecule has 0 fully saturated rings. The molecular formula is C25H28N2O3. The molecule has 0 bridgehead atoms. The number of fused-ring (bicyclic) bond motifs is 1. The molecule has 30 heavy (non-hydrogen) atoms. The summed E-state index contributed by atoms with van der Waals surface area (Å²) >= 11 is 0. The van der Waals surface area contributed by atoms with Crippen molar-refractivity contribution < 1.29 is 14.6 Å². The molecule has 0 radical (unpaired) electrons. The molecule has 0 aliphatic carbocycles. The van der Waals surface area contributed by atoms with E-state index in [4.69, 9.17) is 4.74 Å². The van der Waals surface area contributed by atoms with Crippen molar-refractivity contribution in [1.82, 2.24) is 9.88 Å². The fourth-order valence-corrected chi connectivity index (χ4v) is 4.24. The highest BCUT2D eigenvalue weighted by molar-refractivity contribution is 5.94. The molecule has 2 N–H and O–H groups in total. The summed E-state index contributed by atoms with van der Waals surface area (Å²) in [5.41, 5.74) is 5.12. The van der Waals surface area contributed by atoms with Gasteiger partial charge in [0.25, 0.3) is 0 Å². The van der Waals surface area contributed by atoms with Gasteiger partial charge in [-0.05, 0) is 67.6 Å². The van der Waals surface area contributed by atoms with Crippen LogP contribution in [0.25, 0.3) is 16.5 Å². The number of benzene rings is 2. The highest BCUT2D eigenvalue weighted by atomic mass is 16.5. The molecule has 2 aromatic carbocycles. The molecule has 0 unspecified atom stereocenters.